The molecule has 0 radical (unpaired) electrons. The first-order chi connectivity index (χ1) is 5.92. The number of imidazole rings is 1. The van der Waals surface area contributed by atoms with Gasteiger partial charge >= 0.3 is 0 Å². The van der Waals surface area contributed by atoms with Crippen LogP contribution in [0.3, 0.4) is 0 Å². The van der Waals surface area contributed by atoms with Crippen LogP contribution < -0.4 is 5.43 Å². The van der Waals surface area contributed by atoms with Gasteiger partial charge in [0.1, 0.15) is 18.3 Å². The third-order valence-electron chi connectivity index (χ3n) is 1.54. The average Bonchev–Trinajstić information content (AvgIpc) is 2.53. The summed E-state index contributed by atoms with van der Waals surface area (Å²) in [5.74, 6) is 0.812. The van der Waals surface area contributed by atoms with E-state index >= 15 is 0 Å². The fraction of sp³-hybridized carbons (Fsp3) is 0.286. The number of aromatic nitrogens is 4. The normalized spacial score (nSPS) is 10.4. The van der Waals surface area contributed by atoms with Gasteiger partial charge in [-0.15, -0.1) is 0 Å². The second-order valence-corrected chi connectivity index (χ2v) is 2.36. The Kier molecular flexibility index (Phi) is 1.62. The number of hydrogen-bond donors (Lipinski definition) is 1. The number of hydrogen-bond acceptors (Lipinski definition) is 4. The van der Waals surface area contributed by atoms with E-state index in [0.717, 1.165) is 18.1 Å². The Morgan fingerprint density at radius 1 is 1.50 bits per heavy atom. The van der Waals surface area contributed by atoms with Crippen LogP contribution in [0.5, 0.6) is 0 Å². The molecule has 2 heterocycles. The van der Waals surface area contributed by atoms with Gasteiger partial charge < -0.3 is 5.43 Å². The summed E-state index contributed by atoms with van der Waals surface area (Å²) in [6.45, 7) is 2.85. The molecule has 0 saturated heterocycles. The van der Waals surface area contributed by atoms with Crippen LogP contribution in [0.25, 0.3) is 11.5 Å². The molecule has 0 aromatic carbocycles. The number of nitrogens with zero attached hydrogens (tertiary/aromatic N) is 4. The van der Waals surface area contributed by atoms with E-state index in [4.69, 9.17) is 0 Å². The molecule has 0 spiro atoms. The Labute approximate surface area is 69.8 Å². The predicted molar refractivity (Wildman–Crippen MR) is 44.3 cm³/mol. The van der Waals surface area contributed by atoms with Crippen LogP contribution >= 0.6 is 0 Å². The fourth-order valence-corrected chi connectivity index (χ4v) is 1.06. The lowest BCUT2D eigenvalue weighted by molar-refractivity contribution is 0.819. The van der Waals surface area contributed by atoms with Crippen molar-refractivity contribution in [3.63, 3.8) is 0 Å². The van der Waals surface area contributed by atoms with Gasteiger partial charge in [0, 0.05) is 6.54 Å². The Hall–Kier alpha value is -1.65. The van der Waals surface area contributed by atoms with Crippen molar-refractivity contribution in [1.82, 2.24) is 19.6 Å². The maximum atomic E-state index is 4.09. The molecular formula is C7H9N5. The third-order valence-corrected chi connectivity index (χ3v) is 1.54. The van der Waals surface area contributed by atoms with Crippen molar-refractivity contribution in [2.45, 2.75) is 6.92 Å². The van der Waals surface area contributed by atoms with Gasteiger partial charge in [0.15, 0.2) is 5.82 Å². The lowest BCUT2D eigenvalue weighted by Crippen LogP contribution is -2.17. The molecule has 0 fully saturated rings. The van der Waals surface area contributed by atoms with Crippen LogP contribution in [0.15, 0.2) is 18.9 Å². The molecule has 2 rings (SSSR count). The zero-order valence-corrected chi connectivity index (χ0v) is 6.73. The van der Waals surface area contributed by atoms with Crippen molar-refractivity contribution in [2.75, 3.05) is 12.0 Å². The highest BCUT2D eigenvalue weighted by Gasteiger charge is 2.08. The maximum Gasteiger partial charge on any atom is 0.181 e. The van der Waals surface area contributed by atoms with E-state index in [-0.39, 0.29) is 0 Å². The highest BCUT2D eigenvalue weighted by Crippen LogP contribution is 2.11. The first-order valence-electron chi connectivity index (χ1n) is 3.78. The molecule has 62 valence electrons. The van der Waals surface area contributed by atoms with Crippen LogP contribution in [0.1, 0.15) is 6.92 Å². The van der Waals surface area contributed by atoms with Gasteiger partial charge in [-0.05, 0) is 6.92 Å². The molecular weight excluding hydrogens is 154 g/mol. The van der Waals surface area contributed by atoms with E-state index in [2.05, 4.69) is 20.4 Å². The van der Waals surface area contributed by atoms with Gasteiger partial charge in [-0.25, -0.2) is 19.6 Å². The predicted octanol–water partition coefficient (Wildman–Crippen LogP) is 0.341. The van der Waals surface area contributed by atoms with E-state index in [1.54, 1.807) is 17.2 Å². The molecule has 0 aromatic heterocycles. The zero-order valence-electron chi connectivity index (χ0n) is 6.73. The molecule has 5 heteroatoms. The van der Waals surface area contributed by atoms with Crippen molar-refractivity contribution >= 4 is 0 Å². The van der Waals surface area contributed by atoms with Crippen molar-refractivity contribution in [3.8, 4) is 11.5 Å². The van der Waals surface area contributed by atoms with Crippen LogP contribution in [-0.4, -0.2) is 26.2 Å². The summed E-state index contributed by atoms with van der Waals surface area (Å²) in [5, 5.41) is 0. The molecule has 1 N–H and O–H groups in total. The van der Waals surface area contributed by atoms with Crippen LogP contribution in [-0.2, 0) is 0 Å². The molecule has 0 atom stereocenters. The van der Waals surface area contributed by atoms with E-state index in [9.17, 15) is 0 Å². The van der Waals surface area contributed by atoms with Crippen LogP contribution in [0.4, 0.5) is 0 Å². The summed E-state index contributed by atoms with van der Waals surface area (Å²) in [6, 6.07) is 0. The minimum atomic E-state index is 0.804. The van der Waals surface area contributed by atoms with Gasteiger partial charge in [0.2, 0.25) is 0 Å². The summed E-state index contributed by atoms with van der Waals surface area (Å²) in [7, 11) is 0. The smallest absolute Gasteiger partial charge is 0.181 e. The molecule has 0 aliphatic carbocycles. The van der Waals surface area contributed by atoms with Crippen LogP contribution in [0, 0.1) is 0 Å². The van der Waals surface area contributed by atoms with Gasteiger partial charge in [-0.1, -0.05) is 0 Å². The van der Waals surface area contributed by atoms with E-state index in [1.165, 1.54) is 6.33 Å². The summed E-state index contributed by atoms with van der Waals surface area (Å²) in [5.41, 5.74) is 3.89. The maximum absolute atomic E-state index is 4.09. The average molecular weight is 163 g/mol. The number of fused-ring (bicyclic) bond motifs is 1. The van der Waals surface area contributed by atoms with Gasteiger partial charge in [-0.3, -0.25) is 0 Å². The molecule has 2 aliphatic rings. The number of rotatable bonds is 2. The minimum Gasteiger partial charge on any atom is -0.323 e. The van der Waals surface area contributed by atoms with E-state index in [1.807, 2.05) is 6.92 Å². The van der Waals surface area contributed by atoms with E-state index in [0.29, 0.717) is 0 Å². The van der Waals surface area contributed by atoms with Crippen molar-refractivity contribution in [1.29, 1.82) is 0 Å². The summed E-state index contributed by atoms with van der Waals surface area (Å²) < 4.78 is 1.77. The summed E-state index contributed by atoms with van der Waals surface area (Å²) >= 11 is 0. The SMILES string of the molecule is CCNn1cncc2ncnc1-2. The second-order valence-electron chi connectivity index (χ2n) is 2.36. The largest absolute Gasteiger partial charge is 0.323 e. The Balaban J connectivity index is 2.48. The van der Waals surface area contributed by atoms with Crippen molar-refractivity contribution in [3.05, 3.63) is 18.9 Å². The van der Waals surface area contributed by atoms with Crippen molar-refractivity contribution < 1.29 is 0 Å². The lowest BCUT2D eigenvalue weighted by atomic mass is 10.4. The molecule has 0 unspecified atom stereocenters. The molecule has 0 saturated carbocycles. The Morgan fingerprint density at radius 3 is 3.25 bits per heavy atom. The molecule has 0 aromatic rings. The highest BCUT2D eigenvalue weighted by molar-refractivity contribution is 5.48. The monoisotopic (exact) mass is 163 g/mol. The molecule has 12 heavy (non-hydrogen) atoms. The second kappa shape index (κ2) is 2.77. The zero-order chi connectivity index (χ0) is 8.39. The standard InChI is InChI=1S/C7H9N5/c1-2-11-12-5-8-3-6-7(12)10-4-9-6/h3-5,11H,2H2,1H3. The first-order valence-corrected chi connectivity index (χ1v) is 3.78. The summed E-state index contributed by atoms with van der Waals surface area (Å²) in [4.78, 5) is 12.1. The molecule has 0 bridgehead atoms. The van der Waals surface area contributed by atoms with Crippen LogP contribution in [0.2, 0.25) is 0 Å². The minimum absolute atomic E-state index is 0.804. The molecule has 2 aliphatic heterocycles. The van der Waals surface area contributed by atoms with E-state index < -0.39 is 0 Å². The highest BCUT2D eigenvalue weighted by atomic mass is 15.4. The lowest BCUT2D eigenvalue weighted by Gasteiger charge is -2.09. The Bertz CT molecular complexity index is 342. The topological polar surface area (TPSA) is 55.6 Å². The Morgan fingerprint density at radius 2 is 2.42 bits per heavy atom. The van der Waals surface area contributed by atoms with Gasteiger partial charge in [0.05, 0.1) is 6.20 Å². The quantitative estimate of drug-likeness (QED) is 0.693. The molecule has 0 amide bonds. The number of nitrogens with one attached hydrogen (secondary N) is 1. The van der Waals surface area contributed by atoms with Crippen molar-refractivity contribution in [2.24, 2.45) is 0 Å². The van der Waals surface area contributed by atoms with Gasteiger partial charge in [-0.2, -0.15) is 0 Å². The first kappa shape index (κ1) is 7.02. The third kappa shape index (κ3) is 0.990. The summed E-state index contributed by atoms with van der Waals surface area (Å²) in [6.07, 6.45) is 4.90. The van der Waals surface area contributed by atoms with Gasteiger partial charge in [0.25, 0.3) is 0 Å². The fourth-order valence-electron chi connectivity index (χ4n) is 1.06. The molecule has 5 nitrogen and oxygen atoms in total.